The molecule has 2 atom stereocenters. The number of hydrogen-bond acceptors (Lipinski definition) is 5. The molecule has 0 spiro atoms. The highest BCUT2D eigenvalue weighted by Gasteiger charge is 2.45. The molecule has 1 aromatic rings. The van der Waals surface area contributed by atoms with Crippen LogP contribution in [-0.2, 0) is 14.3 Å². The molecule has 7 nitrogen and oxygen atoms in total. The zero-order valence-electron chi connectivity index (χ0n) is 16.5. The van der Waals surface area contributed by atoms with Gasteiger partial charge < -0.3 is 20.1 Å². The molecule has 1 aromatic carbocycles. The van der Waals surface area contributed by atoms with Crippen molar-refractivity contribution in [2.75, 3.05) is 13.2 Å². The van der Waals surface area contributed by atoms with Crippen molar-refractivity contribution in [1.82, 2.24) is 10.6 Å². The van der Waals surface area contributed by atoms with Gasteiger partial charge in [-0.15, -0.1) is 0 Å². The summed E-state index contributed by atoms with van der Waals surface area (Å²) in [6.07, 6.45) is -0.642. The highest BCUT2D eigenvalue weighted by molar-refractivity contribution is 5.94. The lowest BCUT2D eigenvalue weighted by molar-refractivity contribution is -0.304. The van der Waals surface area contributed by atoms with Gasteiger partial charge in [-0.25, -0.2) is 0 Å². The maximum atomic E-state index is 12.6. The first-order valence-electron chi connectivity index (χ1n) is 8.94. The molecule has 27 heavy (non-hydrogen) atoms. The first-order valence-corrected chi connectivity index (χ1v) is 8.94. The van der Waals surface area contributed by atoms with Crippen molar-refractivity contribution in [2.24, 2.45) is 5.41 Å². The monoisotopic (exact) mass is 373 g/mol. The molecule has 0 saturated carbocycles. The Bertz CT molecular complexity index is 752. The smallest absolute Gasteiger partial charge is 0.251 e. The van der Waals surface area contributed by atoms with Crippen LogP contribution >= 0.6 is 0 Å². The van der Waals surface area contributed by atoms with Crippen molar-refractivity contribution < 1.29 is 19.1 Å². The standard InChI is InChI=1S/C20H27N3O4/c1-13(23-17(24)15-8-6-7-14(9-15)10-21)11-22-18(25)16-19(2,3)12-26-20(4,5)27-16/h6-9,13,16H,11-12H2,1-5H3,(H,22,25)(H,23,24)/t13-,16-/m0/s1. The van der Waals surface area contributed by atoms with Crippen LogP contribution in [0.2, 0.25) is 0 Å². The van der Waals surface area contributed by atoms with E-state index in [0.717, 1.165) is 0 Å². The molecule has 1 saturated heterocycles. The van der Waals surface area contributed by atoms with E-state index in [2.05, 4.69) is 10.6 Å². The van der Waals surface area contributed by atoms with Crippen molar-refractivity contribution in [3.05, 3.63) is 35.4 Å². The fraction of sp³-hybridized carbons (Fsp3) is 0.550. The Balaban J connectivity index is 1.90. The molecule has 1 fully saturated rings. The second kappa shape index (κ2) is 8.07. The van der Waals surface area contributed by atoms with E-state index in [1.54, 1.807) is 39.0 Å². The molecule has 7 heteroatoms. The third-order valence-corrected chi connectivity index (χ3v) is 4.36. The third-order valence-electron chi connectivity index (χ3n) is 4.36. The van der Waals surface area contributed by atoms with Gasteiger partial charge in [-0.2, -0.15) is 5.26 Å². The normalized spacial score (nSPS) is 21.6. The molecule has 0 aromatic heterocycles. The largest absolute Gasteiger partial charge is 0.352 e. The lowest BCUT2D eigenvalue weighted by atomic mass is 9.85. The van der Waals surface area contributed by atoms with Gasteiger partial charge in [0.2, 0.25) is 5.91 Å². The van der Waals surface area contributed by atoms with Crippen molar-refractivity contribution in [1.29, 1.82) is 5.26 Å². The van der Waals surface area contributed by atoms with Crippen LogP contribution in [0.1, 0.15) is 50.5 Å². The predicted molar refractivity (Wildman–Crippen MR) is 99.8 cm³/mol. The Kier molecular flexibility index (Phi) is 6.24. The summed E-state index contributed by atoms with van der Waals surface area (Å²) in [5, 5.41) is 14.6. The summed E-state index contributed by atoms with van der Waals surface area (Å²) in [6.45, 7) is 9.87. The summed E-state index contributed by atoms with van der Waals surface area (Å²) in [7, 11) is 0. The van der Waals surface area contributed by atoms with Crippen molar-refractivity contribution >= 4 is 11.8 Å². The average molecular weight is 373 g/mol. The second-order valence-electron chi connectivity index (χ2n) is 7.99. The van der Waals surface area contributed by atoms with Gasteiger partial charge in [-0.1, -0.05) is 19.9 Å². The molecule has 1 heterocycles. The summed E-state index contributed by atoms with van der Waals surface area (Å²) < 4.78 is 11.4. The number of carbonyl (C=O) groups excluding carboxylic acids is 2. The maximum Gasteiger partial charge on any atom is 0.251 e. The SMILES string of the molecule is C[C@@H](CNC(=O)[C@@H]1OC(C)(C)OCC1(C)C)NC(=O)c1cccc(C#N)c1. The zero-order chi connectivity index (χ0) is 20.2. The summed E-state index contributed by atoms with van der Waals surface area (Å²) in [5.74, 6) is -1.34. The minimum absolute atomic E-state index is 0.232. The third kappa shape index (κ3) is 5.52. The summed E-state index contributed by atoms with van der Waals surface area (Å²) in [6, 6.07) is 8.18. The summed E-state index contributed by atoms with van der Waals surface area (Å²) >= 11 is 0. The molecule has 1 aliphatic heterocycles. The van der Waals surface area contributed by atoms with Crippen LogP contribution in [0.3, 0.4) is 0 Å². The van der Waals surface area contributed by atoms with E-state index < -0.39 is 17.3 Å². The van der Waals surface area contributed by atoms with E-state index in [9.17, 15) is 9.59 Å². The number of hydrogen-bond donors (Lipinski definition) is 2. The van der Waals surface area contributed by atoms with Gasteiger partial charge in [0.1, 0.15) is 6.10 Å². The van der Waals surface area contributed by atoms with E-state index in [4.69, 9.17) is 14.7 Å². The van der Waals surface area contributed by atoms with E-state index in [1.807, 2.05) is 19.9 Å². The fourth-order valence-corrected chi connectivity index (χ4v) is 2.76. The Morgan fingerprint density at radius 1 is 1.33 bits per heavy atom. The Labute approximate surface area is 160 Å². The number of benzene rings is 1. The van der Waals surface area contributed by atoms with E-state index in [0.29, 0.717) is 17.7 Å². The highest BCUT2D eigenvalue weighted by Crippen LogP contribution is 2.34. The lowest BCUT2D eigenvalue weighted by Crippen LogP contribution is -2.57. The van der Waals surface area contributed by atoms with Gasteiger partial charge in [0.05, 0.1) is 18.2 Å². The first kappa shape index (κ1) is 20.9. The lowest BCUT2D eigenvalue weighted by Gasteiger charge is -2.44. The predicted octanol–water partition coefficient (Wildman–Crippen LogP) is 1.97. The van der Waals surface area contributed by atoms with Crippen LogP contribution in [0.5, 0.6) is 0 Å². The van der Waals surface area contributed by atoms with E-state index >= 15 is 0 Å². The molecule has 2 N–H and O–H groups in total. The topological polar surface area (TPSA) is 100 Å². The number of nitrogens with one attached hydrogen (secondary N) is 2. The van der Waals surface area contributed by atoms with Crippen LogP contribution in [0.25, 0.3) is 0 Å². The Morgan fingerprint density at radius 2 is 2.04 bits per heavy atom. The summed E-state index contributed by atoms with van der Waals surface area (Å²) in [5.41, 5.74) is 0.372. The van der Waals surface area contributed by atoms with E-state index in [-0.39, 0.29) is 24.4 Å². The molecule has 0 radical (unpaired) electrons. The van der Waals surface area contributed by atoms with Gasteiger partial charge in [0, 0.05) is 23.6 Å². The van der Waals surface area contributed by atoms with Gasteiger partial charge in [-0.05, 0) is 39.0 Å². The van der Waals surface area contributed by atoms with Gasteiger partial charge in [0.15, 0.2) is 5.79 Å². The minimum atomic E-state index is -0.816. The highest BCUT2D eigenvalue weighted by atomic mass is 16.7. The number of ether oxygens (including phenoxy) is 2. The van der Waals surface area contributed by atoms with Crippen LogP contribution in [0, 0.1) is 16.7 Å². The minimum Gasteiger partial charge on any atom is -0.352 e. The molecular weight excluding hydrogens is 346 g/mol. The molecular formula is C20H27N3O4. The molecule has 0 unspecified atom stereocenters. The molecule has 2 rings (SSSR count). The van der Waals surface area contributed by atoms with Crippen molar-refractivity contribution in [3.63, 3.8) is 0 Å². The quantitative estimate of drug-likeness (QED) is 0.822. The number of amides is 2. The van der Waals surface area contributed by atoms with Crippen LogP contribution in [0.4, 0.5) is 0 Å². The average Bonchev–Trinajstić information content (AvgIpc) is 2.62. The fourth-order valence-electron chi connectivity index (χ4n) is 2.76. The molecule has 1 aliphatic rings. The van der Waals surface area contributed by atoms with Crippen LogP contribution < -0.4 is 10.6 Å². The van der Waals surface area contributed by atoms with Crippen LogP contribution in [-0.4, -0.2) is 42.9 Å². The molecule has 0 aliphatic carbocycles. The number of carbonyl (C=O) groups is 2. The maximum absolute atomic E-state index is 12.6. The number of rotatable bonds is 5. The molecule has 2 amide bonds. The first-order chi connectivity index (χ1) is 12.5. The zero-order valence-corrected chi connectivity index (χ0v) is 16.5. The number of nitrogens with zero attached hydrogens (tertiary/aromatic N) is 1. The van der Waals surface area contributed by atoms with Crippen LogP contribution in [0.15, 0.2) is 24.3 Å². The molecule has 0 bridgehead atoms. The van der Waals surface area contributed by atoms with Gasteiger partial charge in [0.25, 0.3) is 5.91 Å². The summed E-state index contributed by atoms with van der Waals surface area (Å²) in [4.78, 5) is 24.9. The van der Waals surface area contributed by atoms with Gasteiger partial charge >= 0.3 is 0 Å². The second-order valence-corrected chi connectivity index (χ2v) is 7.99. The van der Waals surface area contributed by atoms with E-state index in [1.165, 1.54) is 6.07 Å². The van der Waals surface area contributed by atoms with Crippen molar-refractivity contribution in [2.45, 2.75) is 52.6 Å². The van der Waals surface area contributed by atoms with Crippen molar-refractivity contribution in [3.8, 4) is 6.07 Å². The Hall–Kier alpha value is -2.43. The number of nitriles is 1. The molecule has 146 valence electrons. The Morgan fingerprint density at radius 3 is 2.70 bits per heavy atom. The van der Waals surface area contributed by atoms with Gasteiger partial charge in [-0.3, -0.25) is 9.59 Å².